The van der Waals surface area contributed by atoms with Crippen molar-refractivity contribution in [3.8, 4) is 0 Å². The van der Waals surface area contributed by atoms with Gasteiger partial charge in [0, 0.05) is 17.3 Å². The van der Waals surface area contributed by atoms with Crippen LogP contribution in [0.3, 0.4) is 0 Å². The lowest BCUT2D eigenvalue weighted by Crippen LogP contribution is -2.31. The summed E-state index contributed by atoms with van der Waals surface area (Å²) in [5, 5.41) is 2.73. The van der Waals surface area contributed by atoms with Gasteiger partial charge in [-0.25, -0.2) is 4.98 Å². The number of carbonyl (C=O) groups is 1. The third kappa shape index (κ3) is 3.52. The second-order valence-corrected chi connectivity index (χ2v) is 8.06. The molecular formula is C20H17N3OS2. The summed E-state index contributed by atoms with van der Waals surface area (Å²) in [6.45, 7) is 2.52. The number of aromatic nitrogens is 2. The Bertz CT molecular complexity index is 1030. The number of anilines is 1. The van der Waals surface area contributed by atoms with Crippen LogP contribution in [0.15, 0.2) is 60.2 Å². The number of fused-ring (bicyclic) bond motifs is 1. The summed E-state index contributed by atoms with van der Waals surface area (Å²) in [6.07, 6.45) is 3.92. The minimum atomic E-state index is 0.0491. The maximum Gasteiger partial charge on any atom is 0.234 e. The fourth-order valence-corrected chi connectivity index (χ4v) is 4.54. The van der Waals surface area contributed by atoms with Gasteiger partial charge in [0.05, 0.1) is 23.2 Å². The topological polar surface area (TPSA) is 46.1 Å². The van der Waals surface area contributed by atoms with E-state index in [-0.39, 0.29) is 5.91 Å². The van der Waals surface area contributed by atoms with Crippen LogP contribution in [0.2, 0.25) is 0 Å². The molecule has 0 saturated carbocycles. The van der Waals surface area contributed by atoms with E-state index in [9.17, 15) is 4.79 Å². The van der Waals surface area contributed by atoms with E-state index in [0.29, 0.717) is 13.0 Å². The molecule has 3 heterocycles. The molecule has 4 nitrogen and oxygen atoms in total. The lowest BCUT2D eigenvalue weighted by Gasteiger charge is -2.19. The van der Waals surface area contributed by atoms with Crippen molar-refractivity contribution in [2.24, 2.45) is 0 Å². The van der Waals surface area contributed by atoms with Gasteiger partial charge in [-0.2, -0.15) is 0 Å². The van der Waals surface area contributed by atoms with Crippen LogP contribution < -0.4 is 4.90 Å². The minimum absolute atomic E-state index is 0.0491. The average Bonchev–Trinajstić information content (AvgIpc) is 3.30. The van der Waals surface area contributed by atoms with Crippen LogP contribution in [0.25, 0.3) is 10.2 Å². The maximum atomic E-state index is 13.1. The lowest BCUT2D eigenvalue weighted by molar-refractivity contribution is -0.118. The van der Waals surface area contributed by atoms with Gasteiger partial charge < -0.3 is 0 Å². The zero-order chi connectivity index (χ0) is 17.9. The number of amides is 1. The standard InChI is InChI=1S/C20H17N3OS2/c1-14-5-2-8-17-19(14)22-20(26-17)23(13-15-6-3-9-21-12-15)18(24)11-16-7-4-10-25-16/h2-10,12H,11,13H2,1H3. The van der Waals surface area contributed by atoms with Crippen molar-refractivity contribution in [3.63, 3.8) is 0 Å². The van der Waals surface area contributed by atoms with Gasteiger partial charge in [-0.15, -0.1) is 11.3 Å². The number of thiophene rings is 1. The van der Waals surface area contributed by atoms with E-state index in [0.717, 1.165) is 31.4 Å². The summed E-state index contributed by atoms with van der Waals surface area (Å²) in [5.74, 6) is 0.0491. The molecule has 0 saturated heterocycles. The molecule has 4 aromatic rings. The van der Waals surface area contributed by atoms with Crippen molar-refractivity contribution in [2.45, 2.75) is 19.9 Å². The van der Waals surface area contributed by atoms with E-state index < -0.39 is 0 Å². The van der Waals surface area contributed by atoms with Crippen molar-refractivity contribution >= 4 is 43.9 Å². The number of thiazole rings is 1. The molecule has 6 heteroatoms. The third-order valence-electron chi connectivity index (χ3n) is 4.11. The van der Waals surface area contributed by atoms with Crippen LogP contribution >= 0.6 is 22.7 Å². The SMILES string of the molecule is Cc1cccc2sc(N(Cc3cccnc3)C(=O)Cc3cccs3)nc12. The molecule has 0 fully saturated rings. The number of aryl methyl sites for hydroxylation is 1. The number of nitrogens with zero attached hydrogens (tertiary/aromatic N) is 3. The van der Waals surface area contributed by atoms with Crippen molar-refractivity contribution in [1.29, 1.82) is 0 Å². The van der Waals surface area contributed by atoms with Crippen LogP contribution in [-0.2, 0) is 17.8 Å². The van der Waals surface area contributed by atoms with E-state index in [1.807, 2.05) is 48.7 Å². The predicted octanol–water partition coefficient (Wildman–Crippen LogP) is 4.84. The zero-order valence-electron chi connectivity index (χ0n) is 14.3. The molecule has 0 atom stereocenters. The predicted molar refractivity (Wildman–Crippen MR) is 108 cm³/mol. The van der Waals surface area contributed by atoms with Gasteiger partial charge in [0.25, 0.3) is 0 Å². The highest BCUT2D eigenvalue weighted by atomic mass is 32.1. The molecule has 1 aromatic carbocycles. The Hall–Kier alpha value is -2.57. The molecule has 0 aliphatic carbocycles. The third-order valence-corrected chi connectivity index (χ3v) is 6.03. The summed E-state index contributed by atoms with van der Waals surface area (Å²) >= 11 is 3.16. The van der Waals surface area contributed by atoms with Gasteiger partial charge in [0.15, 0.2) is 5.13 Å². The van der Waals surface area contributed by atoms with E-state index in [1.54, 1.807) is 40.0 Å². The molecule has 0 bridgehead atoms. The van der Waals surface area contributed by atoms with Crippen LogP contribution in [0.4, 0.5) is 5.13 Å². The number of hydrogen-bond donors (Lipinski definition) is 0. The molecule has 1 amide bonds. The Balaban J connectivity index is 1.70. The molecule has 0 radical (unpaired) electrons. The van der Waals surface area contributed by atoms with Crippen molar-refractivity contribution in [3.05, 3.63) is 76.2 Å². The molecule has 0 spiro atoms. The number of pyridine rings is 1. The first kappa shape index (κ1) is 16.9. The fraction of sp³-hybridized carbons (Fsp3) is 0.150. The van der Waals surface area contributed by atoms with Gasteiger partial charge in [-0.1, -0.05) is 35.6 Å². The smallest absolute Gasteiger partial charge is 0.234 e. The lowest BCUT2D eigenvalue weighted by atomic mass is 10.2. The molecule has 130 valence electrons. The van der Waals surface area contributed by atoms with Crippen LogP contribution in [0.1, 0.15) is 16.0 Å². The highest BCUT2D eigenvalue weighted by Gasteiger charge is 2.21. The van der Waals surface area contributed by atoms with Gasteiger partial charge >= 0.3 is 0 Å². The molecule has 26 heavy (non-hydrogen) atoms. The molecule has 0 aliphatic rings. The quantitative estimate of drug-likeness (QED) is 0.499. The number of rotatable bonds is 5. The molecule has 0 aliphatic heterocycles. The largest absolute Gasteiger partial charge is 0.283 e. The summed E-state index contributed by atoms with van der Waals surface area (Å²) < 4.78 is 1.10. The summed E-state index contributed by atoms with van der Waals surface area (Å²) in [7, 11) is 0. The van der Waals surface area contributed by atoms with Crippen molar-refractivity contribution in [2.75, 3.05) is 4.90 Å². The molecule has 3 aromatic heterocycles. The first-order valence-electron chi connectivity index (χ1n) is 8.28. The summed E-state index contributed by atoms with van der Waals surface area (Å²) in [6, 6.07) is 14.0. The van der Waals surface area contributed by atoms with Crippen LogP contribution in [-0.4, -0.2) is 15.9 Å². The zero-order valence-corrected chi connectivity index (χ0v) is 15.9. The molecule has 4 rings (SSSR count). The Morgan fingerprint density at radius 2 is 2.08 bits per heavy atom. The van der Waals surface area contributed by atoms with Gasteiger partial charge in [-0.3, -0.25) is 14.7 Å². The summed E-state index contributed by atoms with van der Waals surface area (Å²) in [4.78, 5) is 24.8. The van der Waals surface area contributed by atoms with Gasteiger partial charge in [-0.05, 0) is 41.6 Å². The normalized spacial score (nSPS) is 11.0. The monoisotopic (exact) mass is 379 g/mol. The van der Waals surface area contributed by atoms with Gasteiger partial charge in [0.1, 0.15) is 0 Å². The van der Waals surface area contributed by atoms with Crippen LogP contribution in [0.5, 0.6) is 0 Å². The molecule has 0 unspecified atom stereocenters. The van der Waals surface area contributed by atoms with Gasteiger partial charge in [0.2, 0.25) is 5.91 Å². The Labute approximate surface area is 159 Å². The Morgan fingerprint density at radius 1 is 1.15 bits per heavy atom. The second kappa shape index (κ2) is 7.35. The van der Waals surface area contributed by atoms with E-state index in [2.05, 4.69) is 11.1 Å². The van der Waals surface area contributed by atoms with Crippen molar-refractivity contribution < 1.29 is 4.79 Å². The fourth-order valence-electron chi connectivity index (χ4n) is 2.78. The number of benzene rings is 1. The first-order chi connectivity index (χ1) is 12.7. The highest BCUT2D eigenvalue weighted by Crippen LogP contribution is 2.32. The average molecular weight is 380 g/mol. The number of carbonyl (C=O) groups excluding carboxylic acids is 1. The van der Waals surface area contributed by atoms with E-state index in [1.165, 1.54) is 0 Å². The van der Waals surface area contributed by atoms with E-state index in [4.69, 9.17) is 4.98 Å². The number of hydrogen-bond acceptors (Lipinski definition) is 5. The molecule has 0 N–H and O–H groups in total. The Morgan fingerprint density at radius 3 is 2.81 bits per heavy atom. The van der Waals surface area contributed by atoms with E-state index >= 15 is 0 Å². The number of para-hydroxylation sites is 1. The Kier molecular flexibility index (Phi) is 4.77. The van der Waals surface area contributed by atoms with Crippen molar-refractivity contribution in [1.82, 2.24) is 9.97 Å². The highest BCUT2D eigenvalue weighted by molar-refractivity contribution is 7.22. The molecular weight excluding hydrogens is 362 g/mol. The summed E-state index contributed by atoms with van der Waals surface area (Å²) in [5.41, 5.74) is 3.08. The second-order valence-electron chi connectivity index (χ2n) is 6.02. The maximum absolute atomic E-state index is 13.1. The first-order valence-corrected chi connectivity index (χ1v) is 9.98. The minimum Gasteiger partial charge on any atom is -0.283 e. The van der Waals surface area contributed by atoms with Crippen LogP contribution in [0, 0.1) is 6.92 Å².